The maximum atomic E-state index is 14.1. The van der Waals surface area contributed by atoms with Gasteiger partial charge in [-0.15, -0.1) is 0 Å². The number of aromatic carboxylic acids is 1. The first-order valence-electron chi connectivity index (χ1n) is 7.55. The zero-order valence-corrected chi connectivity index (χ0v) is 15.0. The third kappa shape index (κ3) is 3.51. The van der Waals surface area contributed by atoms with E-state index in [0.29, 0.717) is 5.56 Å². The molecule has 0 aliphatic heterocycles. The summed E-state index contributed by atoms with van der Waals surface area (Å²) in [4.78, 5) is 24.4. The molecule has 0 spiro atoms. The summed E-state index contributed by atoms with van der Waals surface area (Å²) >= 11 is 5.71. The first-order chi connectivity index (χ1) is 11.4. The van der Waals surface area contributed by atoms with E-state index in [4.69, 9.17) is 11.6 Å². The number of rotatable bonds is 3. The van der Waals surface area contributed by atoms with E-state index in [1.165, 1.54) is 25.1 Å². The van der Waals surface area contributed by atoms with Crippen LogP contribution in [0.2, 0.25) is 5.02 Å². The molecule has 0 bridgehead atoms. The van der Waals surface area contributed by atoms with Crippen molar-refractivity contribution >= 4 is 23.4 Å². The number of carbonyl (C=O) groups excluding carboxylic acids is 1. The fourth-order valence-corrected chi connectivity index (χ4v) is 2.81. The van der Waals surface area contributed by atoms with Crippen LogP contribution in [0.4, 0.5) is 4.39 Å². The van der Waals surface area contributed by atoms with E-state index in [2.05, 4.69) is 0 Å². The zero-order chi connectivity index (χ0) is 19.1. The van der Waals surface area contributed by atoms with E-state index in [1.807, 2.05) is 0 Å². The Balaban J connectivity index is 2.78. The van der Waals surface area contributed by atoms with Gasteiger partial charge in [-0.3, -0.25) is 4.79 Å². The topological polar surface area (TPSA) is 74.6 Å². The second kappa shape index (κ2) is 6.48. The Bertz CT molecular complexity index is 882. The lowest BCUT2D eigenvalue weighted by molar-refractivity contribution is 0.0692. The summed E-state index contributed by atoms with van der Waals surface area (Å²) in [6.07, 6.45) is 0. The van der Waals surface area contributed by atoms with Gasteiger partial charge in [-0.25, -0.2) is 9.18 Å². The number of phenols is 1. The van der Waals surface area contributed by atoms with E-state index in [1.54, 1.807) is 20.8 Å². The third-order valence-electron chi connectivity index (χ3n) is 4.00. The van der Waals surface area contributed by atoms with Crippen molar-refractivity contribution in [3.05, 3.63) is 62.9 Å². The van der Waals surface area contributed by atoms with Crippen LogP contribution in [0.5, 0.6) is 5.75 Å². The summed E-state index contributed by atoms with van der Waals surface area (Å²) in [5.41, 5.74) is -0.776. The van der Waals surface area contributed by atoms with Crippen molar-refractivity contribution in [3.8, 4) is 5.75 Å². The third-order valence-corrected chi connectivity index (χ3v) is 4.24. The molecule has 25 heavy (non-hydrogen) atoms. The molecule has 0 aromatic heterocycles. The molecule has 0 saturated carbocycles. The van der Waals surface area contributed by atoms with Gasteiger partial charge in [-0.2, -0.15) is 0 Å². The van der Waals surface area contributed by atoms with Crippen molar-refractivity contribution in [2.75, 3.05) is 0 Å². The highest BCUT2D eigenvalue weighted by Gasteiger charge is 2.29. The monoisotopic (exact) mass is 364 g/mol. The zero-order valence-electron chi connectivity index (χ0n) is 14.3. The summed E-state index contributed by atoms with van der Waals surface area (Å²) in [7, 11) is 0. The van der Waals surface area contributed by atoms with E-state index in [0.717, 1.165) is 6.07 Å². The van der Waals surface area contributed by atoms with Crippen molar-refractivity contribution in [3.63, 3.8) is 0 Å². The predicted molar refractivity (Wildman–Crippen MR) is 93.3 cm³/mol. The molecule has 4 nitrogen and oxygen atoms in total. The van der Waals surface area contributed by atoms with Crippen molar-refractivity contribution in [1.29, 1.82) is 0 Å². The average Bonchev–Trinajstić information content (AvgIpc) is 2.45. The molecular formula is C19H18ClFO4. The maximum Gasteiger partial charge on any atom is 0.339 e. The molecule has 132 valence electrons. The SMILES string of the molecule is Cc1c(C(=O)c2ccc(Cl)cc2F)cc(C(C)(C)C)c(O)c1C(=O)O. The van der Waals surface area contributed by atoms with Gasteiger partial charge in [0.05, 0.1) is 5.56 Å². The van der Waals surface area contributed by atoms with Gasteiger partial charge in [-0.1, -0.05) is 32.4 Å². The van der Waals surface area contributed by atoms with E-state index in [-0.39, 0.29) is 33.0 Å². The Hall–Kier alpha value is -2.40. The van der Waals surface area contributed by atoms with Crippen molar-refractivity contribution < 1.29 is 24.2 Å². The highest BCUT2D eigenvalue weighted by Crippen LogP contribution is 2.37. The number of carboxylic acid groups (broad SMARTS) is 1. The molecule has 0 saturated heterocycles. The second-order valence-electron chi connectivity index (χ2n) is 6.83. The van der Waals surface area contributed by atoms with Gasteiger partial charge < -0.3 is 10.2 Å². The van der Waals surface area contributed by atoms with Crippen LogP contribution in [-0.2, 0) is 5.41 Å². The first kappa shape index (κ1) is 18.9. The molecule has 0 aliphatic rings. The number of halogens is 2. The van der Waals surface area contributed by atoms with Crippen LogP contribution in [0.1, 0.15) is 58.2 Å². The normalized spacial score (nSPS) is 11.4. The van der Waals surface area contributed by atoms with Gasteiger partial charge >= 0.3 is 5.97 Å². The fourth-order valence-electron chi connectivity index (χ4n) is 2.66. The Morgan fingerprint density at radius 2 is 1.72 bits per heavy atom. The minimum atomic E-state index is -1.35. The van der Waals surface area contributed by atoms with Crippen LogP contribution in [0, 0.1) is 12.7 Å². The minimum Gasteiger partial charge on any atom is -0.507 e. The lowest BCUT2D eigenvalue weighted by Crippen LogP contribution is -2.18. The Kier molecular flexibility index (Phi) is 4.91. The Morgan fingerprint density at radius 1 is 1.12 bits per heavy atom. The molecular weight excluding hydrogens is 347 g/mol. The van der Waals surface area contributed by atoms with Gasteiger partial charge in [0.2, 0.25) is 0 Å². The van der Waals surface area contributed by atoms with Crippen LogP contribution in [0.3, 0.4) is 0 Å². The summed E-state index contributed by atoms with van der Waals surface area (Å²) < 4.78 is 14.1. The van der Waals surface area contributed by atoms with Gasteiger partial charge in [0, 0.05) is 16.1 Å². The largest absolute Gasteiger partial charge is 0.507 e. The van der Waals surface area contributed by atoms with Gasteiger partial charge in [-0.05, 0) is 42.2 Å². The molecule has 0 heterocycles. The quantitative estimate of drug-likeness (QED) is 0.773. The molecule has 0 aliphatic carbocycles. The van der Waals surface area contributed by atoms with E-state index >= 15 is 0 Å². The fraction of sp³-hybridized carbons (Fsp3) is 0.263. The number of hydrogen-bond donors (Lipinski definition) is 2. The minimum absolute atomic E-state index is 0.0290. The standard InChI is InChI=1S/C19H18ClFO4/c1-9-12(16(22)11-6-5-10(20)7-14(11)21)8-13(19(2,3)4)17(23)15(9)18(24)25/h5-8,23H,1-4H3,(H,24,25). The van der Waals surface area contributed by atoms with E-state index < -0.39 is 23.0 Å². The van der Waals surface area contributed by atoms with Gasteiger partial charge in [0.15, 0.2) is 5.78 Å². The van der Waals surface area contributed by atoms with Gasteiger partial charge in [0.1, 0.15) is 17.1 Å². The number of carbonyl (C=O) groups is 2. The molecule has 6 heteroatoms. The van der Waals surface area contributed by atoms with Crippen molar-refractivity contribution in [2.45, 2.75) is 33.1 Å². The second-order valence-corrected chi connectivity index (χ2v) is 7.27. The molecule has 2 aromatic rings. The lowest BCUT2D eigenvalue weighted by atomic mass is 9.81. The van der Waals surface area contributed by atoms with Crippen molar-refractivity contribution in [2.24, 2.45) is 0 Å². The van der Waals surface area contributed by atoms with Crippen LogP contribution < -0.4 is 0 Å². The molecule has 0 atom stereocenters. The Labute approximate surface area is 149 Å². The summed E-state index contributed by atoms with van der Waals surface area (Å²) in [5.74, 6) is -3.20. The number of ketones is 1. The molecule has 0 unspecified atom stereocenters. The maximum absolute atomic E-state index is 14.1. The summed E-state index contributed by atoms with van der Waals surface area (Å²) in [5, 5.41) is 20.0. The summed E-state index contributed by atoms with van der Waals surface area (Å²) in [6, 6.07) is 5.08. The Morgan fingerprint density at radius 3 is 2.20 bits per heavy atom. The molecule has 0 fully saturated rings. The molecule has 2 rings (SSSR count). The molecule has 2 aromatic carbocycles. The van der Waals surface area contributed by atoms with Crippen molar-refractivity contribution in [1.82, 2.24) is 0 Å². The number of carboxylic acids is 1. The first-order valence-corrected chi connectivity index (χ1v) is 7.93. The molecule has 2 N–H and O–H groups in total. The highest BCUT2D eigenvalue weighted by molar-refractivity contribution is 6.30. The van der Waals surface area contributed by atoms with Crippen LogP contribution in [0.15, 0.2) is 24.3 Å². The predicted octanol–water partition coefficient (Wildman–Crippen LogP) is 4.72. The van der Waals surface area contributed by atoms with Crippen LogP contribution >= 0.6 is 11.6 Å². The smallest absolute Gasteiger partial charge is 0.339 e. The number of hydrogen-bond acceptors (Lipinski definition) is 3. The number of aromatic hydroxyl groups is 1. The van der Waals surface area contributed by atoms with E-state index in [9.17, 15) is 24.2 Å². The van der Waals surface area contributed by atoms with Gasteiger partial charge in [0.25, 0.3) is 0 Å². The lowest BCUT2D eigenvalue weighted by Gasteiger charge is -2.24. The highest BCUT2D eigenvalue weighted by atomic mass is 35.5. The molecule has 0 radical (unpaired) electrons. The average molecular weight is 365 g/mol. The number of benzene rings is 2. The van der Waals surface area contributed by atoms with Crippen LogP contribution in [0.25, 0.3) is 0 Å². The summed E-state index contributed by atoms with van der Waals surface area (Å²) in [6.45, 7) is 6.75. The molecule has 0 amide bonds. The van der Waals surface area contributed by atoms with Crippen LogP contribution in [-0.4, -0.2) is 22.0 Å².